The van der Waals surface area contributed by atoms with E-state index in [1.165, 1.54) is 18.9 Å². The van der Waals surface area contributed by atoms with E-state index in [-0.39, 0.29) is 5.97 Å². The third-order valence-corrected chi connectivity index (χ3v) is 4.75. The quantitative estimate of drug-likeness (QED) is 0.501. The summed E-state index contributed by atoms with van der Waals surface area (Å²) in [7, 11) is 1.37. The number of benzene rings is 1. The maximum atomic E-state index is 11.8. The van der Waals surface area contributed by atoms with Crippen molar-refractivity contribution < 1.29 is 9.53 Å². The van der Waals surface area contributed by atoms with Crippen molar-refractivity contribution in [3.05, 3.63) is 53.8 Å². The van der Waals surface area contributed by atoms with E-state index < -0.39 is 5.25 Å². The Morgan fingerprint density at radius 2 is 1.84 bits per heavy atom. The molecule has 0 aliphatic carbocycles. The Bertz CT molecular complexity index is 868. The molecule has 3 aromatic rings. The molecule has 0 saturated heterocycles. The fourth-order valence-corrected chi connectivity index (χ4v) is 3.25. The van der Waals surface area contributed by atoms with Crippen LogP contribution in [-0.2, 0) is 9.53 Å². The van der Waals surface area contributed by atoms with Crippen molar-refractivity contribution in [3.8, 4) is 17.1 Å². The predicted molar refractivity (Wildman–Crippen MR) is 96.9 cm³/mol. The molecule has 128 valence electrons. The lowest BCUT2D eigenvalue weighted by molar-refractivity contribution is -0.139. The lowest BCUT2D eigenvalue weighted by Gasteiger charge is -2.12. The molecule has 0 amide bonds. The number of hydrogen-bond acceptors (Lipinski definition) is 6. The third-order valence-electron chi connectivity index (χ3n) is 3.47. The van der Waals surface area contributed by atoms with Crippen molar-refractivity contribution in [2.45, 2.75) is 17.3 Å². The summed E-state index contributed by atoms with van der Waals surface area (Å²) in [4.78, 5) is 15.8. The van der Waals surface area contributed by atoms with Gasteiger partial charge in [0, 0.05) is 28.7 Å². The van der Waals surface area contributed by atoms with Gasteiger partial charge in [-0.05, 0) is 43.3 Å². The maximum absolute atomic E-state index is 11.8. The van der Waals surface area contributed by atoms with Crippen LogP contribution in [0.25, 0.3) is 17.1 Å². The topological polar surface area (TPSA) is 69.9 Å². The van der Waals surface area contributed by atoms with Gasteiger partial charge in [-0.2, -0.15) is 0 Å². The highest BCUT2D eigenvalue weighted by Crippen LogP contribution is 2.30. The minimum atomic E-state index is -0.412. The number of halogens is 1. The van der Waals surface area contributed by atoms with Gasteiger partial charge in [-0.3, -0.25) is 14.3 Å². The highest BCUT2D eigenvalue weighted by atomic mass is 35.5. The van der Waals surface area contributed by atoms with E-state index in [4.69, 9.17) is 16.3 Å². The molecule has 0 radical (unpaired) electrons. The molecule has 0 unspecified atom stereocenters. The van der Waals surface area contributed by atoms with Crippen LogP contribution in [-0.4, -0.2) is 38.1 Å². The molecule has 3 rings (SSSR count). The lowest BCUT2D eigenvalue weighted by atomic mass is 10.2. The Hall–Kier alpha value is -2.38. The molecule has 8 heteroatoms. The van der Waals surface area contributed by atoms with Gasteiger partial charge >= 0.3 is 5.97 Å². The van der Waals surface area contributed by atoms with Crippen LogP contribution < -0.4 is 0 Å². The average molecular weight is 375 g/mol. The van der Waals surface area contributed by atoms with E-state index in [1.54, 1.807) is 31.5 Å². The molecule has 0 spiro atoms. The number of nitrogens with zero attached hydrogens (tertiary/aromatic N) is 4. The first-order valence-corrected chi connectivity index (χ1v) is 8.72. The van der Waals surface area contributed by atoms with Gasteiger partial charge in [-0.1, -0.05) is 23.4 Å². The molecule has 1 aromatic carbocycles. The van der Waals surface area contributed by atoms with Crippen LogP contribution in [0.1, 0.15) is 6.92 Å². The molecule has 2 heterocycles. The van der Waals surface area contributed by atoms with E-state index in [0.717, 1.165) is 11.3 Å². The number of hydrogen-bond donors (Lipinski definition) is 0. The lowest BCUT2D eigenvalue weighted by Crippen LogP contribution is -2.15. The predicted octanol–water partition coefficient (Wildman–Crippen LogP) is 3.64. The Balaban J connectivity index is 2.08. The number of carbonyl (C=O) groups is 1. The first-order valence-electron chi connectivity index (χ1n) is 7.46. The molecule has 6 nitrogen and oxygen atoms in total. The maximum Gasteiger partial charge on any atom is 0.318 e. The second-order valence-corrected chi connectivity index (χ2v) is 6.88. The number of rotatable bonds is 5. The van der Waals surface area contributed by atoms with E-state index in [0.29, 0.717) is 16.0 Å². The number of esters is 1. The molecular weight excluding hydrogens is 360 g/mol. The molecule has 0 fully saturated rings. The summed E-state index contributed by atoms with van der Waals surface area (Å²) in [5.74, 6) is 0.338. The Labute approximate surface area is 154 Å². The largest absolute Gasteiger partial charge is 0.468 e. The molecule has 0 aliphatic rings. The van der Waals surface area contributed by atoms with Gasteiger partial charge in [-0.15, -0.1) is 10.2 Å². The van der Waals surface area contributed by atoms with Crippen LogP contribution in [0.3, 0.4) is 0 Å². The van der Waals surface area contributed by atoms with Crippen molar-refractivity contribution in [2.24, 2.45) is 0 Å². The zero-order chi connectivity index (χ0) is 17.8. The summed E-state index contributed by atoms with van der Waals surface area (Å²) in [6, 6.07) is 11.1. The number of pyridine rings is 1. The minimum absolute atomic E-state index is 0.318. The van der Waals surface area contributed by atoms with E-state index in [1.807, 2.05) is 28.8 Å². The van der Waals surface area contributed by atoms with Crippen LogP contribution >= 0.6 is 23.4 Å². The van der Waals surface area contributed by atoms with Crippen molar-refractivity contribution in [3.63, 3.8) is 0 Å². The molecule has 0 bridgehead atoms. The molecule has 0 N–H and O–H groups in total. The third kappa shape index (κ3) is 3.83. The van der Waals surface area contributed by atoms with Crippen LogP contribution in [0.5, 0.6) is 0 Å². The fourth-order valence-electron chi connectivity index (χ4n) is 2.23. The zero-order valence-corrected chi connectivity index (χ0v) is 15.2. The van der Waals surface area contributed by atoms with E-state index in [2.05, 4.69) is 15.2 Å². The van der Waals surface area contributed by atoms with Crippen LogP contribution in [0.15, 0.2) is 53.9 Å². The van der Waals surface area contributed by atoms with Gasteiger partial charge in [0.25, 0.3) is 0 Å². The molecule has 25 heavy (non-hydrogen) atoms. The highest BCUT2D eigenvalue weighted by molar-refractivity contribution is 8.00. The van der Waals surface area contributed by atoms with Crippen LogP contribution in [0.4, 0.5) is 0 Å². The van der Waals surface area contributed by atoms with E-state index in [9.17, 15) is 4.79 Å². The summed E-state index contributed by atoms with van der Waals surface area (Å²) in [5.41, 5.74) is 1.72. The number of thioether (sulfide) groups is 1. The summed E-state index contributed by atoms with van der Waals surface area (Å²) >= 11 is 7.28. The van der Waals surface area contributed by atoms with Crippen molar-refractivity contribution in [1.82, 2.24) is 19.7 Å². The van der Waals surface area contributed by atoms with Gasteiger partial charge < -0.3 is 4.74 Å². The minimum Gasteiger partial charge on any atom is -0.468 e. The van der Waals surface area contributed by atoms with Crippen molar-refractivity contribution in [1.29, 1.82) is 0 Å². The number of carbonyl (C=O) groups excluding carboxylic acids is 1. The average Bonchev–Trinajstić information content (AvgIpc) is 3.06. The van der Waals surface area contributed by atoms with Crippen molar-refractivity contribution >= 4 is 29.3 Å². The molecule has 2 aromatic heterocycles. The molecule has 1 atom stereocenters. The second-order valence-electron chi connectivity index (χ2n) is 5.14. The van der Waals surface area contributed by atoms with Crippen LogP contribution in [0.2, 0.25) is 5.02 Å². The molecular formula is C17H15ClN4O2S. The number of methoxy groups -OCH3 is 1. The van der Waals surface area contributed by atoms with Gasteiger partial charge in [-0.25, -0.2) is 0 Å². The van der Waals surface area contributed by atoms with Gasteiger partial charge in [0.05, 0.1) is 7.11 Å². The number of aromatic nitrogens is 4. The van der Waals surface area contributed by atoms with Gasteiger partial charge in [0.2, 0.25) is 0 Å². The molecule has 0 saturated carbocycles. The van der Waals surface area contributed by atoms with Crippen molar-refractivity contribution in [2.75, 3.05) is 7.11 Å². The Kier molecular flexibility index (Phi) is 5.35. The highest BCUT2D eigenvalue weighted by Gasteiger charge is 2.22. The summed E-state index contributed by atoms with van der Waals surface area (Å²) in [5, 5.41) is 9.38. The van der Waals surface area contributed by atoms with E-state index >= 15 is 0 Å². The molecule has 0 aliphatic heterocycles. The van der Waals surface area contributed by atoms with Gasteiger partial charge in [0.15, 0.2) is 11.0 Å². The SMILES string of the molecule is COC(=O)[C@H](C)Sc1nnc(-c2ccncc2)n1-c1ccc(Cl)cc1. The standard InChI is InChI=1S/C17H15ClN4O2S/c1-11(16(23)24-2)25-17-21-20-15(12-7-9-19-10-8-12)22(17)14-5-3-13(18)4-6-14/h3-11H,1-2H3/t11-/m0/s1. The first kappa shape index (κ1) is 17.4. The second kappa shape index (κ2) is 7.67. The van der Waals surface area contributed by atoms with Gasteiger partial charge in [0.1, 0.15) is 5.25 Å². The normalized spacial score (nSPS) is 12.0. The Morgan fingerprint density at radius 1 is 1.16 bits per heavy atom. The monoisotopic (exact) mass is 374 g/mol. The number of ether oxygens (including phenoxy) is 1. The first-order chi connectivity index (χ1) is 12.1. The van der Waals surface area contributed by atoms with Crippen LogP contribution in [0, 0.1) is 0 Å². The summed E-state index contributed by atoms with van der Waals surface area (Å²) < 4.78 is 6.68. The Morgan fingerprint density at radius 3 is 2.48 bits per heavy atom. The summed E-state index contributed by atoms with van der Waals surface area (Å²) in [6.45, 7) is 1.77. The smallest absolute Gasteiger partial charge is 0.318 e. The zero-order valence-electron chi connectivity index (χ0n) is 13.6. The summed E-state index contributed by atoms with van der Waals surface area (Å²) in [6.07, 6.45) is 3.39. The fraction of sp³-hybridized carbons (Fsp3) is 0.176.